The topological polar surface area (TPSA) is 83.4 Å². The smallest absolute Gasteiger partial charge is 0.451 e. The molecule has 1 aromatic carbocycles. The van der Waals surface area contributed by atoms with Gasteiger partial charge in [-0.3, -0.25) is 9.59 Å². The lowest BCUT2D eigenvalue weighted by Crippen LogP contribution is -2.33. The van der Waals surface area contributed by atoms with E-state index in [4.69, 9.17) is 5.11 Å². The average molecular weight is 389 g/mol. The van der Waals surface area contributed by atoms with E-state index in [1.165, 1.54) is 6.07 Å². The molecule has 0 aliphatic carbocycles. The number of halogens is 5. The molecule has 0 aliphatic rings. The predicted octanol–water partition coefficient (Wildman–Crippen LogP) is 2.89. The molecule has 1 amide bonds. The van der Waals surface area contributed by atoms with Crippen molar-refractivity contribution in [2.24, 2.45) is 0 Å². The third kappa shape index (κ3) is 5.43. The molecule has 2 aromatic rings. The zero-order chi connectivity index (χ0) is 20.2. The third-order valence-corrected chi connectivity index (χ3v) is 3.39. The van der Waals surface area contributed by atoms with E-state index in [-0.39, 0.29) is 24.2 Å². The van der Waals surface area contributed by atoms with E-state index < -0.39 is 41.9 Å². The molecule has 1 aromatic heterocycles. The molecule has 1 heterocycles. The van der Waals surface area contributed by atoms with Crippen molar-refractivity contribution >= 4 is 11.9 Å². The second kappa shape index (κ2) is 8.06. The van der Waals surface area contributed by atoms with Gasteiger partial charge in [0.05, 0.1) is 12.0 Å². The van der Waals surface area contributed by atoms with Gasteiger partial charge in [0.25, 0.3) is 5.91 Å². The second-order valence-electron chi connectivity index (χ2n) is 5.41. The van der Waals surface area contributed by atoms with Crippen LogP contribution in [0.5, 0.6) is 0 Å². The average Bonchev–Trinajstić information content (AvgIpc) is 2.60. The Labute approximate surface area is 149 Å². The van der Waals surface area contributed by atoms with Crippen LogP contribution >= 0.6 is 0 Å². The SMILES string of the molecule is O=C(O)CCN(Cc1ccc(F)c(F)c1)C(=O)c1cnc(C(F)(F)F)nc1. The highest BCUT2D eigenvalue weighted by Crippen LogP contribution is 2.25. The van der Waals surface area contributed by atoms with Gasteiger partial charge in [-0.2, -0.15) is 13.2 Å². The monoisotopic (exact) mass is 389 g/mol. The number of carboxylic acid groups (broad SMARTS) is 1. The molecule has 11 heteroatoms. The molecule has 0 saturated carbocycles. The second-order valence-corrected chi connectivity index (χ2v) is 5.41. The third-order valence-electron chi connectivity index (χ3n) is 3.39. The molecule has 0 saturated heterocycles. The van der Waals surface area contributed by atoms with Crippen molar-refractivity contribution in [2.45, 2.75) is 19.1 Å². The summed E-state index contributed by atoms with van der Waals surface area (Å²) in [5.41, 5.74) is -0.142. The van der Waals surface area contributed by atoms with E-state index in [9.17, 15) is 31.5 Å². The maximum Gasteiger partial charge on any atom is 0.451 e. The molecule has 0 aliphatic heterocycles. The minimum atomic E-state index is -4.78. The van der Waals surface area contributed by atoms with Gasteiger partial charge in [0.15, 0.2) is 11.6 Å². The molecule has 144 valence electrons. The Bertz CT molecular complexity index is 840. The molecule has 0 fully saturated rings. The number of aliphatic carboxylic acids is 1. The molecule has 27 heavy (non-hydrogen) atoms. The van der Waals surface area contributed by atoms with Crippen LogP contribution in [-0.2, 0) is 17.5 Å². The number of hydrogen-bond donors (Lipinski definition) is 1. The van der Waals surface area contributed by atoms with Gasteiger partial charge in [-0.25, -0.2) is 18.7 Å². The summed E-state index contributed by atoms with van der Waals surface area (Å²) in [6.45, 7) is -0.599. The Kier molecular flexibility index (Phi) is 6.03. The number of carbonyl (C=O) groups excluding carboxylic acids is 1. The Hall–Kier alpha value is -3.11. The van der Waals surface area contributed by atoms with Gasteiger partial charge in [0.2, 0.25) is 5.82 Å². The molecule has 2 rings (SSSR count). The number of benzene rings is 1. The lowest BCUT2D eigenvalue weighted by Gasteiger charge is -2.22. The quantitative estimate of drug-likeness (QED) is 0.769. The molecule has 0 atom stereocenters. The first-order chi connectivity index (χ1) is 12.6. The van der Waals surface area contributed by atoms with Gasteiger partial charge >= 0.3 is 12.1 Å². The first kappa shape index (κ1) is 20.2. The number of hydrogen-bond acceptors (Lipinski definition) is 4. The summed E-state index contributed by atoms with van der Waals surface area (Å²) in [7, 11) is 0. The molecule has 1 N–H and O–H groups in total. The summed E-state index contributed by atoms with van der Waals surface area (Å²) < 4.78 is 63.8. The lowest BCUT2D eigenvalue weighted by atomic mass is 10.1. The van der Waals surface area contributed by atoms with Crippen LogP contribution in [0.4, 0.5) is 22.0 Å². The van der Waals surface area contributed by atoms with Crippen molar-refractivity contribution in [1.82, 2.24) is 14.9 Å². The van der Waals surface area contributed by atoms with E-state index in [0.29, 0.717) is 12.4 Å². The Morgan fingerprint density at radius 2 is 1.70 bits per heavy atom. The fourth-order valence-electron chi connectivity index (χ4n) is 2.11. The van der Waals surface area contributed by atoms with E-state index in [1.807, 2.05) is 0 Å². The Morgan fingerprint density at radius 3 is 2.22 bits per heavy atom. The van der Waals surface area contributed by atoms with Crippen molar-refractivity contribution < 1.29 is 36.6 Å². The zero-order valence-electron chi connectivity index (χ0n) is 13.5. The normalized spacial score (nSPS) is 11.3. The van der Waals surface area contributed by atoms with Gasteiger partial charge in [-0.1, -0.05) is 6.07 Å². The number of carboxylic acids is 1. The first-order valence-electron chi connectivity index (χ1n) is 7.42. The van der Waals surface area contributed by atoms with Gasteiger partial charge in [0, 0.05) is 25.5 Å². The maximum atomic E-state index is 13.3. The van der Waals surface area contributed by atoms with Crippen molar-refractivity contribution in [2.75, 3.05) is 6.54 Å². The van der Waals surface area contributed by atoms with Crippen LogP contribution in [0.2, 0.25) is 0 Å². The molecule has 0 bridgehead atoms. The van der Waals surface area contributed by atoms with Crippen LogP contribution in [0.25, 0.3) is 0 Å². The summed E-state index contributed by atoms with van der Waals surface area (Å²) >= 11 is 0. The van der Waals surface area contributed by atoms with Crippen molar-refractivity contribution in [3.05, 3.63) is 59.2 Å². The fourth-order valence-corrected chi connectivity index (χ4v) is 2.11. The number of carbonyl (C=O) groups is 2. The van der Waals surface area contributed by atoms with E-state index in [1.54, 1.807) is 0 Å². The molecule has 0 radical (unpaired) electrons. The Morgan fingerprint density at radius 1 is 1.07 bits per heavy atom. The summed E-state index contributed by atoms with van der Waals surface area (Å²) in [4.78, 5) is 30.4. The highest BCUT2D eigenvalue weighted by molar-refractivity contribution is 5.93. The standard InChI is InChI=1S/C16H12F5N3O3/c17-11-2-1-9(5-12(11)18)8-24(4-3-13(25)26)14(27)10-6-22-15(23-7-10)16(19,20)21/h1-2,5-7H,3-4,8H2,(H,25,26). The lowest BCUT2D eigenvalue weighted by molar-refractivity contribution is -0.145. The van der Waals surface area contributed by atoms with Crippen LogP contribution in [0, 0.1) is 11.6 Å². The van der Waals surface area contributed by atoms with Crippen LogP contribution in [-0.4, -0.2) is 38.4 Å². The van der Waals surface area contributed by atoms with Crippen LogP contribution < -0.4 is 0 Å². The number of rotatable bonds is 6. The highest BCUT2D eigenvalue weighted by Gasteiger charge is 2.34. The van der Waals surface area contributed by atoms with E-state index in [2.05, 4.69) is 9.97 Å². The fraction of sp³-hybridized carbons (Fsp3) is 0.250. The van der Waals surface area contributed by atoms with Gasteiger partial charge < -0.3 is 10.0 Å². The number of nitrogens with zero attached hydrogens (tertiary/aromatic N) is 3. The van der Waals surface area contributed by atoms with Crippen LogP contribution in [0.3, 0.4) is 0 Å². The summed E-state index contributed by atoms with van der Waals surface area (Å²) in [6.07, 6.45) is -3.92. The number of amides is 1. The minimum absolute atomic E-state index is 0.167. The van der Waals surface area contributed by atoms with Gasteiger partial charge in [-0.05, 0) is 17.7 Å². The largest absolute Gasteiger partial charge is 0.481 e. The van der Waals surface area contributed by atoms with Crippen molar-refractivity contribution in [3.63, 3.8) is 0 Å². The minimum Gasteiger partial charge on any atom is -0.481 e. The predicted molar refractivity (Wildman–Crippen MR) is 80.4 cm³/mol. The maximum absolute atomic E-state index is 13.3. The highest BCUT2D eigenvalue weighted by atomic mass is 19.4. The molecule has 6 nitrogen and oxygen atoms in total. The Balaban J connectivity index is 2.25. The number of aromatic nitrogens is 2. The molecular weight excluding hydrogens is 377 g/mol. The summed E-state index contributed by atoms with van der Waals surface area (Å²) in [5.74, 6) is -5.76. The van der Waals surface area contributed by atoms with E-state index in [0.717, 1.165) is 17.0 Å². The molecule has 0 unspecified atom stereocenters. The van der Waals surface area contributed by atoms with E-state index >= 15 is 0 Å². The van der Waals surface area contributed by atoms with Crippen LogP contribution in [0.15, 0.2) is 30.6 Å². The van der Waals surface area contributed by atoms with Crippen molar-refractivity contribution in [3.8, 4) is 0 Å². The molecular formula is C16H12F5N3O3. The van der Waals surface area contributed by atoms with Gasteiger partial charge in [-0.15, -0.1) is 0 Å². The summed E-state index contributed by atoms with van der Waals surface area (Å²) in [6, 6.07) is 2.87. The molecule has 0 spiro atoms. The van der Waals surface area contributed by atoms with Crippen LogP contribution in [0.1, 0.15) is 28.2 Å². The first-order valence-corrected chi connectivity index (χ1v) is 7.42. The van der Waals surface area contributed by atoms with Crippen molar-refractivity contribution in [1.29, 1.82) is 0 Å². The van der Waals surface area contributed by atoms with Gasteiger partial charge in [0.1, 0.15) is 0 Å². The number of alkyl halides is 3. The zero-order valence-corrected chi connectivity index (χ0v) is 13.5. The summed E-state index contributed by atoms with van der Waals surface area (Å²) in [5, 5.41) is 8.79.